The van der Waals surface area contributed by atoms with E-state index in [0.29, 0.717) is 19.2 Å². The van der Waals surface area contributed by atoms with Crippen LogP contribution in [0.2, 0.25) is 0 Å². The summed E-state index contributed by atoms with van der Waals surface area (Å²) in [4.78, 5) is 2.13. The Morgan fingerprint density at radius 3 is 2.80 bits per heavy atom. The first-order valence-electron chi connectivity index (χ1n) is 7.11. The number of nitrogens with zero attached hydrogens (tertiary/aromatic N) is 1. The van der Waals surface area contributed by atoms with Gasteiger partial charge in [0.2, 0.25) is 0 Å². The van der Waals surface area contributed by atoms with Crippen molar-refractivity contribution in [2.75, 3.05) is 38.3 Å². The molecule has 1 aromatic carbocycles. The Balaban J connectivity index is 2.00. The van der Waals surface area contributed by atoms with Gasteiger partial charge in [-0.15, -0.1) is 0 Å². The molecular formula is C15H23BrN2O2. The van der Waals surface area contributed by atoms with Crippen molar-refractivity contribution in [1.82, 2.24) is 5.32 Å². The fourth-order valence-electron chi connectivity index (χ4n) is 2.11. The van der Waals surface area contributed by atoms with Gasteiger partial charge in [-0.25, -0.2) is 0 Å². The lowest BCUT2D eigenvalue weighted by Gasteiger charge is -2.24. The predicted octanol–water partition coefficient (Wildman–Crippen LogP) is 2.15. The molecule has 112 valence electrons. The van der Waals surface area contributed by atoms with Gasteiger partial charge in [0.25, 0.3) is 0 Å². The largest absolute Gasteiger partial charge is 0.395 e. The molecule has 0 unspecified atom stereocenters. The molecule has 0 atom stereocenters. The van der Waals surface area contributed by atoms with Crippen molar-refractivity contribution in [1.29, 1.82) is 0 Å². The fraction of sp³-hybridized carbons (Fsp3) is 0.600. The molecule has 1 aromatic rings. The van der Waals surface area contributed by atoms with Crippen LogP contribution in [0.15, 0.2) is 22.7 Å². The van der Waals surface area contributed by atoms with Crippen molar-refractivity contribution in [3.8, 4) is 0 Å². The van der Waals surface area contributed by atoms with Gasteiger partial charge in [-0.1, -0.05) is 22.0 Å². The monoisotopic (exact) mass is 342 g/mol. The van der Waals surface area contributed by atoms with Crippen LogP contribution in [0.5, 0.6) is 0 Å². The van der Waals surface area contributed by atoms with Crippen molar-refractivity contribution >= 4 is 21.6 Å². The van der Waals surface area contributed by atoms with Gasteiger partial charge in [-0.3, -0.25) is 0 Å². The van der Waals surface area contributed by atoms with Crippen molar-refractivity contribution in [2.24, 2.45) is 0 Å². The van der Waals surface area contributed by atoms with Gasteiger partial charge in [0, 0.05) is 42.9 Å². The van der Waals surface area contributed by atoms with Crippen molar-refractivity contribution in [3.63, 3.8) is 0 Å². The first kappa shape index (κ1) is 15.8. The van der Waals surface area contributed by atoms with Crippen LogP contribution in [-0.2, 0) is 11.3 Å². The quantitative estimate of drug-likeness (QED) is 0.721. The second-order valence-corrected chi connectivity index (χ2v) is 5.99. The number of hydrogen-bond donors (Lipinski definition) is 2. The minimum atomic E-state index is 0.145. The zero-order valence-electron chi connectivity index (χ0n) is 11.9. The molecule has 0 heterocycles. The molecule has 0 aromatic heterocycles. The minimum absolute atomic E-state index is 0.145. The molecule has 2 rings (SSSR count). The number of aliphatic hydroxyl groups excluding tert-OH is 1. The molecule has 0 amide bonds. The predicted molar refractivity (Wildman–Crippen MR) is 85.2 cm³/mol. The van der Waals surface area contributed by atoms with Crippen molar-refractivity contribution in [3.05, 3.63) is 28.2 Å². The molecule has 0 aliphatic heterocycles. The molecule has 0 spiro atoms. The van der Waals surface area contributed by atoms with Gasteiger partial charge >= 0.3 is 0 Å². The number of anilines is 1. The summed E-state index contributed by atoms with van der Waals surface area (Å²) < 4.78 is 6.24. The van der Waals surface area contributed by atoms with Gasteiger partial charge in [0.05, 0.1) is 13.2 Å². The third kappa shape index (κ3) is 4.74. The molecule has 2 N–H and O–H groups in total. The van der Waals surface area contributed by atoms with E-state index in [-0.39, 0.29) is 6.61 Å². The number of methoxy groups -OCH3 is 1. The van der Waals surface area contributed by atoms with Gasteiger partial charge < -0.3 is 20.1 Å². The zero-order valence-corrected chi connectivity index (χ0v) is 13.5. The smallest absolute Gasteiger partial charge is 0.0637 e. The zero-order chi connectivity index (χ0) is 14.4. The second kappa shape index (κ2) is 7.98. The topological polar surface area (TPSA) is 44.7 Å². The highest BCUT2D eigenvalue weighted by Crippen LogP contribution is 2.26. The molecule has 1 fully saturated rings. The third-order valence-corrected chi connectivity index (χ3v) is 4.23. The SMILES string of the molecule is COCCN(CCO)c1ccc(CNC2CC2)c(Br)c1. The molecule has 4 nitrogen and oxygen atoms in total. The summed E-state index contributed by atoms with van der Waals surface area (Å²) in [6, 6.07) is 7.09. The lowest BCUT2D eigenvalue weighted by Crippen LogP contribution is -2.30. The van der Waals surface area contributed by atoms with E-state index in [9.17, 15) is 0 Å². The van der Waals surface area contributed by atoms with E-state index in [2.05, 4.69) is 44.3 Å². The van der Waals surface area contributed by atoms with Crippen molar-refractivity contribution < 1.29 is 9.84 Å². The minimum Gasteiger partial charge on any atom is -0.395 e. The lowest BCUT2D eigenvalue weighted by molar-refractivity contribution is 0.203. The third-order valence-electron chi connectivity index (χ3n) is 3.50. The van der Waals surface area contributed by atoms with Gasteiger partial charge in [0.15, 0.2) is 0 Å². The second-order valence-electron chi connectivity index (χ2n) is 5.13. The van der Waals surface area contributed by atoms with E-state index < -0.39 is 0 Å². The summed E-state index contributed by atoms with van der Waals surface area (Å²) in [5.74, 6) is 0. The summed E-state index contributed by atoms with van der Waals surface area (Å²) in [6.45, 7) is 3.11. The van der Waals surface area contributed by atoms with E-state index >= 15 is 0 Å². The van der Waals surface area contributed by atoms with E-state index in [1.807, 2.05) is 0 Å². The maximum absolute atomic E-state index is 9.17. The van der Waals surface area contributed by atoms with Gasteiger partial charge in [0.1, 0.15) is 0 Å². The van der Waals surface area contributed by atoms with Crippen LogP contribution < -0.4 is 10.2 Å². The Morgan fingerprint density at radius 1 is 1.40 bits per heavy atom. The van der Waals surface area contributed by atoms with Crippen molar-refractivity contribution in [2.45, 2.75) is 25.4 Å². The molecule has 1 aliphatic carbocycles. The summed E-state index contributed by atoms with van der Waals surface area (Å²) in [5.41, 5.74) is 2.38. The Bertz CT molecular complexity index is 424. The normalized spacial score (nSPS) is 14.6. The number of rotatable bonds is 9. The first-order valence-corrected chi connectivity index (χ1v) is 7.90. The van der Waals surface area contributed by atoms with Gasteiger partial charge in [-0.2, -0.15) is 0 Å². The maximum Gasteiger partial charge on any atom is 0.0637 e. The average molecular weight is 343 g/mol. The van der Waals surface area contributed by atoms with Crippen LogP contribution in [0, 0.1) is 0 Å². The molecule has 0 radical (unpaired) electrons. The standard InChI is InChI=1S/C15H23BrN2O2/c1-20-9-7-18(6-8-19)14-5-2-12(15(16)10-14)11-17-13-3-4-13/h2,5,10,13,17,19H,3-4,6-9,11H2,1H3. The number of nitrogens with one attached hydrogen (secondary N) is 1. The Labute approximate surface area is 129 Å². The molecule has 0 saturated heterocycles. The fourth-order valence-corrected chi connectivity index (χ4v) is 2.62. The first-order chi connectivity index (χ1) is 9.74. The average Bonchev–Trinajstić information content (AvgIpc) is 3.26. The lowest BCUT2D eigenvalue weighted by atomic mass is 10.2. The highest BCUT2D eigenvalue weighted by molar-refractivity contribution is 9.10. The molecular weight excluding hydrogens is 320 g/mol. The van der Waals surface area contributed by atoms with Crippen LogP contribution in [0.1, 0.15) is 18.4 Å². The van der Waals surface area contributed by atoms with Crippen LogP contribution >= 0.6 is 15.9 Å². The molecule has 5 heteroatoms. The molecule has 1 aliphatic rings. The van der Waals surface area contributed by atoms with E-state index in [1.54, 1.807) is 7.11 Å². The van der Waals surface area contributed by atoms with Crippen LogP contribution in [-0.4, -0.2) is 44.6 Å². The van der Waals surface area contributed by atoms with Gasteiger partial charge in [-0.05, 0) is 30.5 Å². The van der Waals surface area contributed by atoms with Crippen LogP contribution in [0.3, 0.4) is 0 Å². The summed E-state index contributed by atoms with van der Waals surface area (Å²) in [6.07, 6.45) is 2.61. The Hall–Kier alpha value is -0.620. The molecule has 1 saturated carbocycles. The summed E-state index contributed by atoms with van der Waals surface area (Å²) in [7, 11) is 1.69. The number of ether oxygens (including phenoxy) is 1. The summed E-state index contributed by atoms with van der Waals surface area (Å²) >= 11 is 3.64. The van der Waals surface area contributed by atoms with E-state index in [0.717, 1.165) is 23.2 Å². The maximum atomic E-state index is 9.17. The Morgan fingerprint density at radius 2 is 2.20 bits per heavy atom. The number of benzene rings is 1. The highest BCUT2D eigenvalue weighted by atomic mass is 79.9. The number of aliphatic hydroxyl groups is 1. The Kier molecular flexibility index (Phi) is 6.29. The van der Waals surface area contributed by atoms with E-state index in [4.69, 9.17) is 9.84 Å². The van der Waals surface area contributed by atoms with Crippen LogP contribution in [0.4, 0.5) is 5.69 Å². The highest BCUT2D eigenvalue weighted by Gasteiger charge is 2.20. The van der Waals surface area contributed by atoms with E-state index in [1.165, 1.54) is 18.4 Å². The summed E-state index contributed by atoms with van der Waals surface area (Å²) in [5, 5.41) is 12.7. The number of hydrogen-bond acceptors (Lipinski definition) is 4. The number of halogens is 1. The van der Waals surface area contributed by atoms with Crippen LogP contribution in [0.25, 0.3) is 0 Å². The molecule has 0 bridgehead atoms. The molecule has 20 heavy (non-hydrogen) atoms.